The van der Waals surface area contributed by atoms with E-state index in [9.17, 15) is 19.8 Å². The van der Waals surface area contributed by atoms with Gasteiger partial charge >= 0.3 is 0 Å². The van der Waals surface area contributed by atoms with E-state index in [-0.39, 0.29) is 23.0 Å². The van der Waals surface area contributed by atoms with Crippen LogP contribution >= 0.6 is 0 Å². The summed E-state index contributed by atoms with van der Waals surface area (Å²) in [4.78, 5) is 26.0. The number of phenolic OH excluding ortho intramolecular Hbond substituents is 2. The van der Waals surface area contributed by atoms with Crippen molar-refractivity contribution >= 4 is 11.8 Å². The smallest absolute Gasteiger partial charge is 0.259 e. The molecule has 114 valence electrons. The normalized spacial score (nSPS) is 16.3. The summed E-state index contributed by atoms with van der Waals surface area (Å²) in [5.74, 6) is -1.43. The van der Waals surface area contributed by atoms with Crippen LogP contribution in [-0.2, 0) is 4.79 Å². The molecule has 6 heteroatoms. The summed E-state index contributed by atoms with van der Waals surface area (Å²) in [6.45, 7) is 3.02. The van der Waals surface area contributed by atoms with Gasteiger partial charge in [-0.15, -0.1) is 0 Å². The summed E-state index contributed by atoms with van der Waals surface area (Å²) in [6, 6.07) is 3.36. The Hall–Kier alpha value is -2.24. The molecule has 1 aliphatic rings. The predicted octanol–water partition coefficient (Wildman–Crippen LogP) is 1.23. The standard InChI is InChI=1S/C15H20N2O4/c1-10(15(21)17-8-3-2-4-9-17)16-14(20)13-11(18)6-5-7-12(13)19/h5-7,10,18-19H,2-4,8-9H2,1H3,(H,16,20). The van der Waals surface area contributed by atoms with Gasteiger partial charge in [0.1, 0.15) is 23.1 Å². The lowest BCUT2D eigenvalue weighted by Crippen LogP contribution is -2.48. The minimum atomic E-state index is -0.699. The van der Waals surface area contributed by atoms with Crippen LogP contribution in [0, 0.1) is 0 Å². The summed E-state index contributed by atoms with van der Waals surface area (Å²) >= 11 is 0. The summed E-state index contributed by atoms with van der Waals surface area (Å²) in [7, 11) is 0. The van der Waals surface area contributed by atoms with E-state index >= 15 is 0 Å². The monoisotopic (exact) mass is 292 g/mol. The first-order valence-corrected chi connectivity index (χ1v) is 7.11. The molecule has 6 nitrogen and oxygen atoms in total. The summed E-state index contributed by atoms with van der Waals surface area (Å²) in [6.07, 6.45) is 3.08. The third-order valence-corrected chi connectivity index (χ3v) is 3.63. The van der Waals surface area contributed by atoms with Crippen molar-refractivity contribution in [3.05, 3.63) is 23.8 Å². The molecule has 0 saturated carbocycles. The average molecular weight is 292 g/mol. The number of hydrogen-bond donors (Lipinski definition) is 3. The SMILES string of the molecule is CC(NC(=O)c1c(O)cccc1O)C(=O)N1CCCCC1. The van der Waals surface area contributed by atoms with Gasteiger partial charge in [-0.2, -0.15) is 0 Å². The van der Waals surface area contributed by atoms with Gasteiger partial charge in [0.2, 0.25) is 5.91 Å². The molecule has 0 spiro atoms. The van der Waals surface area contributed by atoms with Gasteiger partial charge in [0, 0.05) is 13.1 Å². The third kappa shape index (κ3) is 3.45. The zero-order valence-corrected chi connectivity index (χ0v) is 12.0. The maximum Gasteiger partial charge on any atom is 0.259 e. The lowest BCUT2D eigenvalue weighted by molar-refractivity contribution is -0.133. The highest BCUT2D eigenvalue weighted by Crippen LogP contribution is 2.26. The van der Waals surface area contributed by atoms with Gasteiger partial charge in [-0.3, -0.25) is 9.59 Å². The Morgan fingerprint density at radius 1 is 1.14 bits per heavy atom. The Labute approximate surface area is 123 Å². The largest absolute Gasteiger partial charge is 0.507 e. The van der Waals surface area contributed by atoms with E-state index in [1.807, 2.05) is 0 Å². The van der Waals surface area contributed by atoms with Gasteiger partial charge in [0.15, 0.2) is 0 Å². The lowest BCUT2D eigenvalue weighted by atomic mass is 10.1. The average Bonchev–Trinajstić information content (AvgIpc) is 2.47. The van der Waals surface area contributed by atoms with Crippen LogP contribution < -0.4 is 5.32 Å². The molecule has 2 amide bonds. The molecular formula is C15H20N2O4. The first kappa shape index (κ1) is 15.2. The van der Waals surface area contributed by atoms with E-state index in [2.05, 4.69) is 5.32 Å². The molecule has 1 aromatic carbocycles. The van der Waals surface area contributed by atoms with Crippen molar-refractivity contribution in [1.82, 2.24) is 10.2 Å². The Balaban J connectivity index is 2.03. The topological polar surface area (TPSA) is 89.9 Å². The number of phenols is 2. The number of aromatic hydroxyl groups is 2. The van der Waals surface area contributed by atoms with Crippen molar-refractivity contribution in [3.8, 4) is 11.5 Å². The van der Waals surface area contributed by atoms with E-state index in [0.717, 1.165) is 19.3 Å². The number of benzene rings is 1. The number of amides is 2. The van der Waals surface area contributed by atoms with Crippen LogP contribution in [0.4, 0.5) is 0 Å². The molecule has 0 aromatic heterocycles. The van der Waals surface area contributed by atoms with Crippen molar-refractivity contribution in [3.63, 3.8) is 0 Å². The molecule has 1 aromatic rings. The van der Waals surface area contributed by atoms with Crippen LogP contribution in [-0.4, -0.2) is 46.1 Å². The Kier molecular flexibility index (Phi) is 4.67. The zero-order chi connectivity index (χ0) is 15.4. The van der Waals surface area contributed by atoms with Gasteiger partial charge in [-0.1, -0.05) is 6.07 Å². The quantitative estimate of drug-likeness (QED) is 0.781. The highest BCUT2D eigenvalue weighted by Gasteiger charge is 2.25. The van der Waals surface area contributed by atoms with E-state index < -0.39 is 11.9 Å². The minimum Gasteiger partial charge on any atom is -0.507 e. The predicted molar refractivity (Wildman–Crippen MR) is 77.1 cm³/mol. The van der Waals surface area contributed by atoms with Crippen molar-refractivity contribution < 1.29 is 19.8 Å². The van der Waals surface area contributed by atoms with Gasteiger partial charge in [0.05, 0.1) is 0 Å². The second-order valence-corrected chi connectivity index (χ2v) is 5.25. The van der Waals surface area contributed by atoms with Gasteiger partial charge in [-0.25, -0.2) is 0 Å². The van der Waals surface area contributed by atoms with Crippen LogP contribution in [0.3, 0.4) is 0 Å². The highest BCUT2D eigenvalue weighted by molar-refractivity contribution is 6.01. The number of carbonyl (C=O) groups is 2. The van der Waals surface area contributed by atoms with Crippen LogP contribution in [0.25, 0.3) is 0 Å². The summed E-state index contributed by atoms with van der Waals surface area (Å²) in [5, 5.41) is 21.8. The van der Waals surface area contributed by atoms with Crippen molar-refractivity contribution in [2.45, 2.75) is 32.2 Å². The molecule has 1 saturated heterocycles. The van der Waals surface area contributed by atoms with Crippen LogP contribution in [0.1, 0.15) is 36.5 Å². The maximum atomic E-state index is 12.2. The number of likely N-dealkylation sites (tertiary alicyclic amines) is 1. The van der Waals surface area contributed by atoms with Crippen molar-refractivity contribution in [2.75, 3.05) is 13.1 Å². The zero-order valence-electron chi connectivity index (χ0n) is 12.0. The molecule has 1 fully saturated rings. The second kappa shape index (κ2) is 6.47. The molecule has 0 aliphatic carbocycles. The van der Waals surface area contributed by atoms with E-state index in [4.69, 9.17) is 0 Å². The van der Waals surface area contributed by atoms with Gasteiger partial charge < -0.3 is 20.4 Å². The molecule has 1 heterocycles. The van der Waals surface area contributed by atoms with Crippen molar-refractivity contribution in [1.29, 1.82) is 0 Å². The second-order valence-electron chi connectivity index (χ2n) is 5.25. The maximum absolute atomic E-state index is 12.2. The first-order valence-electron chi connectivity index (χ1n) is 7.11. The molecule has 3 N–H and O–H groups in total. The molecule has 1 aliphatic heterocycles. The number of carbonyl (C=O) groups excluding carboxylic acids is 2. The molecule has 0 radical (unpaired) electrons. The third-order valence-electron chi connectivity index (χ3n) is 3.63. The molecule has 1 atom stereocenters. The fourth-order valence-corrected chi connectivity index (χ4v) is 2.48. The molecule has 2 rings (SSSR count). The van der Waals surface area contributed by atoms with E-state index in [1.54, 1.807) is 11.8 Å². The van der Waals surface area contributed by atoms with E-state index in [0.29, 0.717) is 13.1 Å². The number of rotatable bonds is 3. The van der Waals surface area contributed by atoms with Crippen LogP contribution in [0.2, 0.25) is 0 Å². The van der Waals surface area contributed by atoms with Gasteiger partial charge in [0.25, 0.3) is 5.91 Å². The van der Waals surface area contributed by atoms with Crippen LogP contribution in [0.5, 0.6) is 11.5 Å². The van der Waals surface area contributed by atoms with Crippen molar-refractivity contribution in [2.24, 2.45) is 0 Å². The Morgan fingerprint density at radius 2 is 1.71 bits per heavy atom. The Bertz CT molecular complexity index is 518. The molecule has 1 unspecified atom stereocenters. The highest BCUT2D eigenvalue weighted by atomic mass is 16.3. The molecular weight excluding hydrogens is 272 g/mol. The fourth-order valence-electron chi connectivity index (χ4n) is 2.48. The lowest BCUT2D eigenvalue weighted by Gasteiger charge is -2.29. The minimum absolute atomic E-state index is 0.141. The molecule has 0 bridgehead atoms. The summed E-state index contributed by atoms with van der Waals surface area (Å²) < 4.78 is 0. The van der Waals surface area contributed by atoms with Gasteiger partial charge in [-0.05, 0) is 38.3 Å². The van der Waals surface area contributed by atoms with E-state index in [1.165, 1.54) is 18.2 Å². The number of piperidine rings is 1. The number of hydrogen-bond acceptors (Lipinski definition) is 4. The van der Waals surface area contributed by atoms with Crippen LogP contribution in [0.15, 0.2) is 18.2 Å². The summed E-state index contributed by atoms with van der Waals surface area (Å²) in [5.41, 5.74) is -0.212. The fraction of sp³-hybridized carbons (Fsp3) is 0.467. The number of nitrogens with zero attached hydrogens (tertiary/aromatic N) is 1. The first-order chi connectivity index (χ1) is 10.0. The Morgan fingerprint density at radius 3 is 2.29 bits per heavy atom. The number of nitrogens with one attached hydrogen (secondary N) is 1. The molecule has 21 heavy (non-hydrogen) atoms.